The summed E-state index contributed by atoms with van der Waals surface area (Å²) in [6, 6.07) is 0. The molecule has 10 N–H and O–H groups in total. The molecule has 0 heterocycles. The maximum Gasteiger partial charge on any atom is 2.00 e. The van der Waals surface area contributed by atoms with Crippen molar-refractivity contribution in [2.24, 2.45) is 0 Å². The van der Waals surface area contributed by atoms with Crippen molar-refractivity contribution in [2.75, 3.05) is 0 Å². The van der Waals surface area contributed by atoms with Crippen molar-refractivity contribution in [3.63, 3.8) is 0 Å². The number of hydrogen-bond donors (Lipinski definition) is 10. The second kappa shape index (κ2) is 31.6. The van der Waals surface area contributed by atoms with E-state index in [1.807, 2.05) is 0 Å². The average Bonchev–Trinajstić information content (AvgIpc) is 1.94. The monoisotopic (exact) mass is 740 g/mol. The summed E-state index contributed by atoms with van der Waals surface area (Å²) in [5, 5.41) is 0. The molecular weight excluding hydrogens is 730 g/mol. The van der Waals surface area contributed by atoms with E-state index in [9.17, 15) is 0 Å². The molecule has 34 heteroatoms. The summed E-state index contributed by atoms with van der Waals surface area (Å²) in [5.41, 5.74) is 0. The van der Waals surface area contributed by atoms with Gasteiger partial charge in [0, 0.05) is 0 Å². The van der Waals surface area contributed by atoms with E-state index in [1.165, 1.54) is 0 Å². The van der Waals surface area contributed by atoms with Crippen LogP contribution in [0, 0.1) is 0 Å². The molecule has 0 rings (SSSR count). The Morgan fingerprint density at radius 2 is 0.324 bits per heavy atom. The van der Waals surface area contributed by atoms with Crippen molar-refractivity contribution < 1.29 is 115 Å². The molecule has 0 fully saturated rings. The van der Waals surface area contributed by atoms with Crippen LogP contribution in [0.1, 0.15) is 0 Å². The summed E-state index contributed by atoms with van der Waals surface area (Å²) in [5.74, 6) is 0. The van der Waals surface area contributed by atoms with Gasteiger partial charge in [-0.05, 0) is 0 Å². The molecular formula is H10Ca4O24P6. The normalized spacial score (nSPS) is 10.4. The first-order valence-corrected chi connectivity index (χ1v) is 13.7. The largest absolute Gasteiger partial charge is 2.00 e. The zero-order chi connectivity index (χ0) is 27.0. The van der Waals surface area contributed by atoms with E-state index in [0.29, 0.717) is 0 Å². The second-order valence-electron chi connectivity index (χ2n) is 2.90. The molecule has 0 aliphatic rings. The Morgan fingerprint density at radius 1 is 0.324 bits per heavy atom. The van der Waals surface area contributed by atoms with E-state index in [0.717, 1.165) is 0 Å². The molecule has 0 saturated carbocycles. The number of hydrogen-bond acceptors (Lipinski definition) is 14. The van der Waals surface area contributed by atoms with Gasteiger partial charge in [-0.1, -0.05) is 0 Å². The van der Waals surface area contributed by atoms with Gasteiger partial charge in [0.05, 0.1) is 7.82 Å². The SMILES string of the molecule is O=P(O)(O)O.O=P(O)(O)O.O=P(O)(O)O.O=P([O-])([O-])O.O=P([O-])([O-])[O-].O=P([O-])([O-])[O-].[Ca+2].[Ca+2].[Ca+2].[Ca+2]. The number of phosphoric acid groups is 6. The molecule has 34 heavy (non-hydrogen) atoms. The minimum atomic E-state index is -5.39. The average molecular weight is 740 g/mol. The maximum atomic E-state index is 8.88. The molecule has 24 nitrogen and oxygen atoms in total. The molecule has 0 aliphatic heterocycles. The van der Waals surface area contributed by atoms with Crippen molar-refractivity contribution in [1.29, 1.82) is 0 Å². The molecule has 0 spiro atoms. The van der Waals surface area contributed by atoms with Gasteiger partial charge in [0.15, 0.2) is 0 Å². The van der Waals surface area contributed by atoms with E-state index in [2.05, 4.69) is 0 Å². The fourth-order valence-corrected chi connectivity index (χ4v) is 0. The van der Waals surface area contributed by atoms with Crippen LogP contribution in [0.4, 0.5) is 0 Å². The van der Waals surface area contributed by atoms with E-state index < -0.39 is 46.9 Å². The predicted molar refractivity (Wildman–Crippen MR) is 90.8 cm³/mol. The van der Waals surface area contributed by atoms with Gasteiger partial charge in [-0.25, -0.2) is 13.7 Å². The van der Waals surface area contributed by atoms with Crippen molar-refractivity contribution in [3.8, 4) is 0 Å². The van der Waals surface area contributed by atoms with Crippen LogP contribution in [-0.2, 0) is 27.4 Å². The van der Waals surface area contributed by atoms with E-state index in [4.69, 9.17) is 115 Å². The first-order valence-electron chi connectivity index (χ1n) is 4.56. The van der Waals surface area contributed by atoms with Crippen LogP contribution in [0.15, 0.2) is 0 Å². The van der Waals surface area contributed by atoms with Gasteiger partial charge < -0.3 is 102 Å². The molecule has 0 atom stereocenters. The molecule has 0 aromatic rings. The predicted octanol–water partition coefficient (Wildman–Crippen LogP) is -12.2. The van der Waals surface area contributed by atoms with Gasteiger partial charge in [-0.2, -0.15) is 15.6 Å². The summed E-state index contributed by atoms with van der Waals surface area (Å²) < 4.78 is 52.4. The third-order valence-corrected chi connectivity index (χ3v) is 0. The van der Waals surface area contributed by atoms with Gasteiger partial charge in [0.25, 0.3) is 0 Å². The standard InChI is InChI=1S/4Ca.6H3O4P/c;;;;6*1-5(2,3)4/h;;;;6*(H3,1,2,3,4)/q4*+2;;;;;;/p-8. The molecule has 0 aromatic heterocycles. The summed E-state index contributed by atoms with van der Waals surface area (Å²) in [6.45, 7) is 0. The van der Waals surface area contributed by atoms with Gasteiger partial charge in [0.1, 0.15) is 0 Å². The zero-order valence-corrected chi connectivity index (χ0v) is 29.9. The molecule has 0 saturated heterocycles. The first kappa shape index (κ1) is 67.4. The summed E-state index contributed by atoms with van der Waals surface area (Å²) in [6.07, 6.45) is 0. The van der Waals surface area contributed by atoms with Crippen LogP contribution in [0.3, 0.4) is 0 Å². The molecule has 0 aromatic carbocycles. The molecule has 0 radical (unpaired) electrons. The topological polar surface area (TPSA) is 489 Å². The van der Waals surface area contributed by atoms with Crippen LogP contribution in [0.25, 0.3) is 0 Å². The van der Waals surface area contributed by atoms with Crippen LogP contribution < -0.4 is 39.1 Å². The Balaban J connectivity index is -0.0000000248. The van der Waals surface area contributed by atoms with Crippen molar-refractivity contribution in [2.45, 2.75) is 0 Å². The molecule has 192 valence electrons. The van der Waals surface area contributed by atoms with Crippen LogP contribution in [0.5, 0.6) is 0 Å². The third-order valence-electron chi connectivity index (χ3n) is 0. The van der Waals surface area contributed by atoms with E-state index in [1.54, 1.807) is 0 Å². The van der Waals surface area contributed by atoms with Crippen LogP contribution in [0.2, 0.25) is 0 Å². The van der Waals surface area contributed by atoms with E-state index in [-0.39, 0.29) is 151 Å². The zero-order valence-electron chi connectivity index (χ0n) is 15.7. The van der Waals surface area contributed by atoms with Crippen LogP contribution in [-0.4, -0.2) is 200 Å². The molecule has 0 bridgehead atoms. The summed E-state index contributed by atoms with van der Waals surface area (Å²) in [7, 11) is -29.8. The van der Waals surface area contributed by atoms with Gasteiger partial charge in [-0.15, -0.1) is 0 Å². The van der Waals surface area contributed by atoms with Crippen molar-refractivity contribution in [1.82, 2.24) is 0 Å². The van der Waals surface area contributed by atoms with Gasteiger partial charge >= 0.3 is 174 Å². The number of rotatable bonds is 0. The Kier molecular flexibility index (Phi) is 62.7. The molecule has 0 unspecified atom stereocenters. The Labute approximate surface area is 307 Å². The van der Waals surface area contributed by atoms with Gasteiger partial charge in [-0.3, -0.25) is 0 Å². The van der Waals surface area contributed by atoms with Gasteiger partial charge in [0.2, 0.25) is 0 Å². The van der Waals surface area contributed by atoms with Crippen molar-refractivity contribution >= 4 is 198 Å². The molecule has 0 aliphatic carbocycles. The summed E-state index contributed by atoms with van der Waals surface area (Å²) >= 11 is 0. The smallest absolute Gasteiger partial charge is 0.822 e. The maximum absolute atomic E-state index is 8.88. The fraction of sp³-hybridized carbons (Fsp3) is 0. The minimum Gasteiger partial charge on any atom is -0.822 e. The van der Waals surface area contributed by atoms with Crippen LogP contribution >= 0.6 is 46.9 Å². The Morgan fingerprint density at radius 3 is 0.324 bits per heavy atom. The quantitative estimate of drug-likeness (QED) is 0.0814. The Hall–Kier alpha value is 5.70. The third kappa shape index (κ3) is 1560. The Bertz CT molecular complexity index is 472. The second-order valence-corrected chi connectivity index (χ2v) is 8.71. The van der Waals surface area contributed by atoms with E-state index >= 15 is 0 Å². The fourth-order valence-electron chi connectivity index (χ4n) is 0. The first-order chi connectivity index (χ1) is 12.0. The summed E-state index contributed by atoms with van der Waals surface area (Å²) in [4.78, 5) is 140. The minimum absolute atomic E-state index is 0. The molecule has 0 amide bonds. The van der Waals surface area contributed by atoms with Crippen molar-refractivity contribution in [3.05, 3.63) is 0 Å².